The van der Waals surface area contributed by atoms with Gasteiger partial charge in [-0.1, -0.05) is 48.0 Å². The van der Waals surface area contributed by atoms with Crippen molar-refractivity contribution in [3.05, 3.63) is 83.9 Å². The van der Waals surface area contributed by atoms with Crippen molar-refractivity contribution < 1.29 is 17.9 Å². The van der Waals surface area contributed by atoms with Crippen LogP contribution in [-0.4, -0.2) is 20.2 Å². The molecule has 154 valence electrons. The van der Waals surface area contributed by atoms with Gasteiger partial charge in [-0.2, -0.15) is 0 Å². The average Bonchev–Trinajstić information content (AvgIpc) is 2.73. The Hall–Kier alpha value is -3.32. The molecule has 1 unspecified atom stereocenters. The van der Waals surface area contributed by atoms with Gasteiger partial charge in [-0.3, -0.25) is 0 Å². The van der Waals surface area contributed by atoms with Gasteiger partial charge in [0.05, 0.1) is 22.4 Å². The number of para-hydroxylation sites is 2. The molecule has 0 radical (unpaired) electrons. The van der Waals surface area contributed by atoms with E-state index in [-0.39, 0.29) is 16.7 Å². The van der Waals surface area contributed by atoms with Gasteiger partial charge in [0.1, 0.15) is 5.75 Å². The molecule has 1 aliphatic heterocycles. The first-order chi connectivity index (χ1) is 14.4. The summed E-state index contributed by atoms with van der Waals surface area (Å²) in [6.45, 7) is 2.00. The smallest absolute Gasteiger partial charge is 0.319 e. The van der Waals surface area contributed by atoms with Gasteiger partial charge in [-0.15, -0.1) is 0 Å². The number of sulfone groups is 1. The molecule has 0 fully saturated rings. The Labute approximate surface area is 175 Å². The van der Waals surface area contributed by atoms with Crippen molar-refractivity contribution in [2.24, 2.45) is 0 Å². The molecule has 0 aromatic heterocycles. The van der Waals surface area contributed by atoms with Crippen LogP contribution in [-0.2, 0) is 9.84 Å². The summed E-state index contributed by atoms with van der Waals surface area (Å²) in [5.41, 5.74) is 2.26. The van der Waals surface area contributed by atoms with Crippen molar-refractivity contribution in [1.29, 1.82) is 0 Å². The summed E-state index contributed by atoms with van der Waals surface area (Å²) < 4.78 is 30.5. The van der Waals surface area contributed by atoms with Crippen molar-refractivity contribution in [2.75, 3.05) is 11.1 Å². The van der Waals surface area contributed by atoms with Crippen LogP contribution >= 0.6 is 0 Å². The van der Waals surface area contributed by atoms with Gasteiger partial charge in [-0.25, -0.2) is 13.2 Å². The van der Waals surface area contributed by atoms with Gasteiger partial charge in [0, 0.05) is 0 Å². The van der Waals surface area contributed by atoms with E-state index in [9.17, 15) is 13.2 Å². The van der Waals surface area contributed by atoms with E-state index in [1.807, 2.05) is 37.3 Å². The van der Waals surface area contributed by atoms with Crippen LogP contribution in [0.5, 0.6) is 11.5 Å². The van der Waals surface area contributed by atoms with Crippen molar-refractivity contribution in [3.8, 4) is 11.5 Å². The molecule has 0 spiro atoms. The van der Waals surface area contributed by atoms with Crippen LogP contribution in [0.1, 0.15) is 23.6 Å². The van der Waals surface area contributed by atoms with Gasteiger partial charge in [-0.05, 0) is 49.2 Å². The number of nitrogens with one attached hydrogen (secondary N) is 2. The minimum Gasteiger partial charge on any atom is -0.455 e. The predicted octanol–water partition coefficient (Wildman–Crippen LogP) is 4.83. The van der Waals surface area contributed by atoms with Crippen LogP contribution < -0.4 is 15.4 Å². The number of hydrogen-bond acceptors (Lipinski definition) is 4. The summed E-state index contributed by atoms with van der Waals surface area (Å²) in [6, 6.07) is 20.8. The lowest BCUT2D eigenvalue weighted by molar-refractivity contribution is 0.247. The maximum absolute atomic E-state index is 12.7. The number of anilines is 1. The van der Waals surface area contributed by atoms with Crippen LogP contribution in [0.2, 0.25) is 0 Å². The maximum atomic E-state index is 12.7. The monoisotopic (exact) mass is 422 g/mol. The molecule has 30 heavy (non-hydrogen) atoms. The molecule has 0 aliphatic carbocycles. The number of fused-ring (bicyclic) bond motifs is 1. The standard InChI is InChI=1S/C23H22N2O4S/c1-16-10-12-17(13-11-16)29-21-8-4-3-7-20(21)25-23(26)24-19-14-15-30(27,28)22-9-5-2-6-18(19)22/h2-13,19H,14-15H2,1H3,(H2,24,25,26). The summed E-state index contributed by atoms with van der Waals surface area (Å²) in [7, 11) is -3.31. The highest BCUT2D eigenvalue weighted by Crippen LogP contribution is 2.33. The first-order valence-electron chi connectivity index (χ1n) is 9.65. The fourth-order valence-electron chi connectivity index (χ4n) is 3.45. The summed E-state index contributed by atoms with van der Waals surface area (Å²) in [4.78, 5) is 13.0. The molecule has 3 aromatic carbocycles. The Morgan fingerprint density at radius 2 is 1.67 bits per heavy atom. The van der Waals surface area contributed by atoms with Crippen LogP contribution in [0, 0.1) is 6.92 Å². The number of hydrogen-bond donors (Lipinski definition) is 2. The average molecular weight is 423 g/mol. The number of carbonyl (C=O) groups is 1. The third-order valence-corrected chi connectivity index (χ3v) is 6.81. The van der Waals surface area contributed by atoms with E-state index < -0.39 is 15.9 Å². The number of benzene rings is 3. The molecule has 7 heteroatoms. The van der Waals surface area contributed by atoms with E-state index >= 15 is 0 Å². The Kier molecular flexibility index (Phi) is 5.46. The highest BCUT2D eigenvalue weighted by atomic mass is 32.2. The van der Waals surface area contributed by atoms with Crippen molar-refractivity contribution in [3.63, 3.8) is 0 Å². The Bertz CT molecular complexity index is 1170. The molecule has 0 saturated heterocycles. The Balaban J connectivity index is 1.49. The van der Waals surface area contributed by atoms with Crippen LogP contribution in [0.3, 0.4) is 0 Å². The third kappa shape index (κ3) is 4.31. The third-order valence-electron chi connectivity index (χ3n) is 4.99. The summed E-state index contributed by atoms with van der Waals surface area (Å²) >= 11 is 0. The zero-order valence-corrected chi connectivity index (χ0v) is 17.3. The van der Waals surface area contributed by atoms with Crippen molar-refractivity contribution >= 4 is 21.6 Å². The molecule has 6 nitrogen and oxygen atoms in total. The van der Waals surface area contributed by atoms with Gasteiger partial charge < -0.3 is 15.4 Å². The van der Waals surface area contributed by atoms with Crippen molar-refractivity contribution in [1.82, 2.24) is 5.32 Å². The van der Waals surface area contributed by atoms with E-state index in [0.717, 1.165) is 5.56 Å². The number of aryl methyl sites for hydroxylation is 1. The molecular weight excluding hydrogens is 400 g/mol. The first kappa shape index (κ1) is 20.0. The van der Waals surface area contributed by atoms with E-state index in [0.29, 0.717) is 29.2 Å². The molecule has 2 N–H and O–H groups in total. The topological polar surface area (TPSA) is 84.5 Å². The fourth-order valence-corrected chi connectivity index (χ4v) is 5.07. The second kappa shape index (κ2) is 8.20. The first-order valence-corrected chi connectivity index (χ1v) is 11.3. The second-order valence-corrected chi connectivity index (χ2v) is 9.29. The van der Waals surface area contributed by atoms with Crippen LogP contribution in [0.15, 0.2) is 77.7 Å². The largest absolute Gasteiger partial charge is 0.455 e. The molecule has 0 saturated carbocycles. The molecule has 3 aromatic rings. The lowest BCUT2D eigenvalue weighted by Gasteiger charge is -2.26. The molecule has 2 amide bonds. The highest BCUT2D eigenvalue weighted by molar-refractivity contribution is 7.91. The fraction of sp³-hybridized carbons (Fsp3) is 0.174. The Morgan fingerprint density at radius 3 is 2.47 bits per heavy atom. The molecule has 4 rings (SSSR count). The van der Waals surface area contributed by atoms with Gasteiger partial charge in [0.2, 0.25) is 0 Å². The summed E-state index contributed by atoms with van der Waals surface area (Å²) in [6.07, 6.45) is 0.328. The lowest BCUT2D eigenvalue weighted by atomic mass is 10.0. The Morgan fingerprint density at radius 1 is 0.967 bits per heavy atom. The molecule has 1 aliphatic rings. The second-order valence-electron chi connectivity index (χ2n) is 7.21. The minimum absolute atomic E-state index is 0.00207. The predicted molar refractivity (Wildman–Crippen MR) is 116 cm³/mol. The van der Waals surface area contributed by atoms with Gasteiger partial charge in [0.15, 0.2) is 15.6 Å². The van der Waals surface area contributed by atoms with Gasteiger partial charge >= 0.3 is 6.03 Å². The van der Waals surface area contributed by atoms with Crippen molar-refractivity contribution in [2.45, 2.75) is 24.3 Å². The normalized spacial score (nSPS) is 16.9. The van der Waals surface area contributed by atoms with E-state index in [4.69, 9.17) is 4.74 Å². The van der Waals surface area contributed by atoms with E-state index in [1.54, 1.807) is 42.5 Å². The van der Waals surface area contributed by atoms with E-state index in [2.05, 4.69) is 10.6 Å². The molecule has 1 atom stereocenters. The highest BCUT2D eigenvalue weighted by Gasteiger charge is 2.30. The number of carbonyl (C=O) groups excluding carboxylic acids is 1. The van der Waals surface area contributed by atoms with Crippen LogP contribution in [0.25, 0.3) is 0 Å². The van der Waals surface area contributed by atoms with Gasteiger partial charge in [0.25, 0.3) is 0 Å². The molecule has 1 heterocycles. The van der Waals surface area contributed by atoms with Crippen LogP contribution in [0.4, 0.5) is 10.5 Å². The number of rotatable bonds is 4. The lowest BCUT2D eigenvalue weighted by Crippen LogP contribution is -2.36. The summed E-state index contributed by atoms with van der Waals surface area (Å²) in [5.74, 6) is 1.19. The quantitative estimate of drug-likeness (QED) is 0.631. The summed E-state index contributed by atoms with van der Waals surface area (Å²) in [5, 5.41) is 5.71. The van der Waals surface area contributed by atoms with E-state index in [1.165, 1.54) is 0 Å². The number of amides is 2. The zero-order valence-electron chi connectivity index (χ0n) is 16.5. The zero-order chi connectivity index (χ0) is 21.1. The number of ether oxygens (including phenoxy) is 1. The SMILES string of the molecule is Cc1ccc(Oc2ccccc2NC(=O)NC2CCS(=O)(=O)c3ccccc32)cc1. The number of urea groups is 1. The minimum atomic E-state index is -3.31. The molecular formula is C23H22N2O4S. The molecule has 0 bridgehead atoms. The maximum Gasteiger partial charge on any atom is 0.319 e.